The monoisotopic (exact) mass is 945 g/mol. The van der Waals surface area contributed by atoms with Crippen molar-refractivity contribution in [1.82, 2.24) is 14.6 Å². The molecular weight excluding hydrogens is 902 g/mol. The molecule has 2 aliphatic rings. The summed E-state index contributed by atoms with van der Waals surface area (Å²) in [6, 6.07) is 30.9. The molecule has 0 saturated carbocycles. The zero-order chi connectivity index (χ0) is 46.7. The third-order valence-electron chi connectivity index (χ3n) is 11.3. The van der Waals surface area contributed by atoms with Gasteiger partial charge in [-0.15, -0.1) is 0 Å². The second-order valence-electron chi connectivity index (χ2n) is 15.9. The molecule has 5 aromatic carbocycles. The van der Waals surface area contributed by atoms with Crippen LogP contribution in [0.3, 0.4) is 0 Å². The summed E-state index contributed by atoms with van der Waals surface area (Å²) in [5.74, 6) is -0.356. The molecule has 3 heterocycles. The molecule has 2 N–H and O–H groups in total. The van der Waals surface area contributed by atoms with Crippen LogP contribution in [0.4, 0.5) is 5.13 Å². The second-order valence-corrected chi connectivity index (χ2v) is 19.4. The zero-order valence-corrected chi connectivity index (χ0v) is 38.7. The predicted molar refractivity (Wildman–Crippen MR) is 248 cm³/mol. The number of rotatable bonds is 13. The van der Waals surface area contributed by atoms with Gasteiger partial charge in [-0.3, -0.25) is 9.59 Å². The molecule has 17 heteroatoms. The molecule has 0 radical (unpaired) electrons. The smallest absolute Gasteiger partial charge is 0.328 e. The molecule has 6 aromatic rings. The fourth-order valence-corrected chi connectivity index (χ4v) is 11.1. The van der Waals surface area contributed by atoms with Gasteiger partial charge in [-0.1, -0.05) is 83.6 Å². The predicted octanol–water partition coefficient (Wildman–Crippen LogP) is 8.02. The highest BCUT2D eigenvalue weighted by Crippen LogP contribution is 2.42. The Bertz CT molecular complexity index is 2970. The van der Waals surface area contributed by atoms with Gasteiger partial charge in [0.1, 0.15) is 31.0 Å². The van der Waals surface area contributed by atoms with Gasteiger partial charge in [-0.25, -0.2) is 18.2 Å². The van der Waals surface area contributed by atoms with Crippen LogP contribution in [0.2, 0.25) is 5.02 Å². The van der Waals surface area contributed by atoms with Gasteiger partial charge >= 0.3 is 5.97 Å². The van der Waals surface area contributed by atoms with Gasteiger partial charge in [0.15, 0.2) is 26.9 Å². The maximum atomic E-state index is 14.7. The van der Waals surface area contributed by atoms with Crippen LogP contribution in [0.5, 0.6) is 17.2 Å². The van der Waals surface area contributed by atoms with Crippen molar-refractivity contribution in [2.45, 2.75) is 69.2 Å². The first-order valence-corrected chi connectivity index (χ1v) is 23.5. The molecular formula is C49H44ClN5O9S2. The minimum atomic E-state index is -4.45. The number of hydrogen-bond donors (Lipinski definition) is 2. The van der Waals surface area contributed by atoms with Crippen molar-refractivity contribution in [2.24, 2.45) is 0 Å². The Morgan fingerprint density at radius 1 is 0.939 bits per heavy atom. The van der Waals surface area contributed by atoms with Crippen LogP contribution in [0, 0.1) is 25.2 Å². The van der Waals surface area contributed by atoms with Crippen molar-refractivity contribution < 1.29 is 41.7 Å². The maximum absolute atomic E-state index is 14.7. The molecule has 1 unspecified atom stereocenters. The SMILES string of the molecule is COC(=O)[C@H](Cc1ccc(-c2ccc(C#N)cc2)cc1)NC(=O)[C@@H]1Cc2cc3c(cc2CN1S(=O)(=O)c1sc(NC(C)=O)nc1C)OC(c1ccc(OCc2ccc(C)c(Cl)c2)cc1)CO3. The molecule has 338 valence electrons. The number of nitrogens with one attached hydrogen (secondary N) is 2. The molecule has 14 nitrogen and oxygen atoms in total. The molecule has 0 saturated heterocycles. The Kier molecular flexibility index (Phi) is 13.4. The second kappa shape index (κ2) is 19.4. The zero-order valence-electron chi connectivity index (χ0n) is 36.3. The number of carbonyl (C=O) groups is 3. The van der Waals surface area contributed by atoms with E-state index in [1.54, 1.807) is 24.3 Å². The lowest BCUT2D eigenvalue weighted by Gasteiger charge is -2.36. The Morgan fingerprint density at radius 2 is 1.62 bits per heavy atom. The van der Waals surface area contributed by atoms with Gasteiger partial charge in [-0.2, -0.15) is 9.57 Å². The number of esters is 1. The average molecular weight is 947 g/mol. The van der Waals surface area contributed by atoms with E-state index in [1.807, 2.05) is 85.8 Å². The summed E-state index contributed by atoms with van der Waals surface area (Å²) in [7, 11) is -3.24. The number of aryl methyl sites for hydroxylation is 2. The third-order valence-corrected chi connectivity index (χ3v) is 15.3. The van der Waals surface area contributed by atoms with Crippen LogP contribution in [0.25, 0.3) is 11.1 Å². The molecule has 0 bridgehead atoms. The first-order valence-electron chi connectivity index (χ1n) is 20.9. The van der Waals surface area contributed by atoms with E-state index in [1.165, 1.54) is 21.0 Å². The Hall–Kier alpha value is -6.77. The topological polar surface area (TPSA) is 186 Å². The summed E-state index contributed by atoms with van der Waals surface area (Å²) in [4.78, 5) is 43.9. The van der Waals surface area contributed by atoms with Gasteiger partial charge in [0.2, 0.25) is 11.8 Å². The third kappa shape index (κ3) is 10.0. The van der Waals surface area contributed by atoms with Crippen molar-refractivity contribution in [3.63, 3.8) is 0 Å². The van der Waals surface area contributed by atoms with Crippen LogP contribution in [0.1, 0.15) is 57.7 Å². The average Bonchev–Trinajstić information content (AvgIpc) is 3.70. The number of aromatic nitrogens is 1. The molecule has 1 aromatic heterocycles. The molecule has 8 rings (SSSR count). The number of benzene rings is 5. The van der Waals surface area contributed by atoms with Crippen molar-refractivity contribution in [1.29, 1.82) is 5.26 Å². The maximum Gasteiger partial charge on any atom is 0.328 e. The fraction of sp³-hybridized carbons (Fsp3) is 0.245. The van der Waals surface area contributed by atoms with Gasteiger partial charge in [0.05, 0.1) is 24.4 Å². The Morgan fingerprint density at radius 3 is 2.29 bits per heavy atom. The van der Waals surface area contributed by atoms with Gasteiger partial charge in [0, 0.05) is 24.9 Å². The summed E-state index contributed by atoms with van der Waals surface area (Å²) >= 11 is 7.07. The number of methoxy groups -OCH3 is 1. The van der Waals surface area contributed by atoms with Crippen molar-refractivity contribution in [3.05, 3.63) is 153 Å². The largest absolute Gasteiger partial charge is 0.489 e. The molecule has 0 aliphatic carbocycles. The van der Waals surface area contributed by atoms with E-state index >= 15 is 0 Å². The van der Waals surface area contributed by atoms with E-state index in [0.717, 1.165) is 43.5 Å². The quantitative estimate of drug-likeness (QED) is 0.107. The van der Waals surface area contributed by atoms with Crippen LogP contribution in [-0.2, 0) is 55.1 Å². The number of thiazole rings is 1. The van der Waals surface area contributed by atoms with E-state index < -0.39 is 46.0 Å². The molecule has 3 atom stereocenters. The molecule has 0 fully saturated rings. The van der Waals surface area contributed by atoms with Crippen molar-refractivity contribution >= 4 is 55.9 Å². The summed E-state index contributed by atoms with van der Waals surface area (Å²) < 4.78 is 54.2. The number of nitriles is 1. The van der Waals surface area contributed by atoms with Crippen molar-refractivity contribution in [2.75, 3.05) is 19.0 Å². The van der Waals surface area contributed by atoms with E-state index in [4.69, 9.17) is 35.8 Å². The van der Waals surface area contributed by atoms with Crippen LogP contribution >= 0.6 is 22.9 Å². The van der Waals surface area contributed by atoms with E-state index in [9.17, 15) is 22.8 Å². The number of ether oxygens (including phenoxy) is 4. The lowest BCUT2D eigenvalue weighted by atomic mass is 9.93. The minimum absolute atomic E-state index is 0.0501. The highest BCUT2D eigenvalue weighted by Gasteiger charge is 2.43. The van der Waals surface area contributed by atoms with E-state index in [0.29, 0.717) is 51.1 Å². The number of halogens is 1. The number of anilines is 1. The molecule has 66 heavy (non-hydrogen) atoms. The minimum Gasteiger partial charge on any atom is -0.489 e. The first-order chi connectivity index (χ1) is 31.7. The first kappa shape index (κ1) is 45.8. The molecule has 2 aliphatic heterocycles. The van der Waals surface area contributed by atoms with Crippen LogP contribution < -0.4 is 24.8 Å². The Balaban J connectivity index is 1.04. The summed E-state index contributed by atoms with van der Waals surface area (Å²) in [6.45, 7) is 5.05. The van der Waals surface area contributed by atoms with E-state index in [-0.39, 0.29) is 41.0 Å². The summed E-state index contributed by atoms with van der Waals surface area (Å²) in [5.41, 5.74) is 7.19. The molecule has 0 spiro atoms. The highest BCUT2D eigenvalue weighted by molar-refractivity contribution is 7.91. The summed E-state index contributed by atoms with van der Waals surface area (Å²) in [5, 5.41) is 15.3. The number of amides is 2. The standard InChI is InChI=1S/C49H44ClN5O9S2/c1-28-5-6-33(19-40(28)50)26-62-39-17-15-36(16-18-39)45-27-63-43-22-37-21-42(55(25-38(37)23-44(43)64-45)66(59,60)48-29(2)52-49(65-48)53-30(3)56)46(57)54-41(47(58)61-4)20-31-7-11-34(12-8-31)35-13-9-32(24-51)10-14-35/h5-19,22-23,41-42,45H,20-21,25-27H2,1-4H3,(H,54,57)(H,52,53,56)/t41-,42-,45?/m0/s1. The van der Waals surface area contributed by atoms with Crippen LogP contribution in [0.15, 0.2) is 107 Å². The number of nitrogens with zero attached hydrogens (tertiary/aromatic N) is 3. The lowest BCUT2D eigenvalue weighted by Crippen LogP contribution is -2.56. The fourth-order valence-electron chi connectivity index (χ4n) is 7.78. The van der Waals surface area contributed by atoms with Gasteiger partial charge in [-0.05, 0) is 107 Å². The number of sulfonamides is 1. The van der Waals surface area contributed by atoms with E-state index in [2.05, 4.69) is 21.7 Å². The number of hydrogen-bond acceptors (Lipinski definition) is 12. The number of fused-ring (bicyclic) bond motifs is 2. The van der Waals surface area contributed by atoms with Crippen LogP contribution in [-0.4, -0.2) is 61.3 Å². The Labute approximate surface area is 391 Å². The highest BCUT2D eigenvalue weighted by atomic mass is 35.5. The van der Waals surface area contributed by atoms with Gasteiger partial charge < -0.3 is 29.6 Å². The van der Waals surface area contributed by atoms with Crippen molar-refractivity contribution in [3.8, 4) is 34.4 Å². The number of carbonyl (C=O) groups excluding carboxylic acids is 3. The normalized spacial score (nSPS) is 16.0. The van der Waals surface area contributed by atoms with Gasteiger partial charge in [0.25, 0.3) is 10.0 Å². The molecule has 2 amide bonds. The lowest BCUT2D eigenvalue weighted by molar-refractivity contribution is -0.145. The summed E-state index contributed by atoms with van der Waals surface area (Å²) in [6.07, 6.45) is -0.508.